The molecule has 3 aromatic carbocycles. The van der Waals surface area contributed by atoms with Crippen LogP contribution in [-0.4, -0.2) is 22.0 Å². The average molecular weight is 419 g/mol. The first kappa shape index (κ1) is 19.4. The lowest BCUT2D eigenvalue weighted by atomic mass is 10.0. The molecule has 0 spiro atoms. The number of non-ortho nitro benzene ring substituents is 1. The Morgan fingerprint density at radius 2 is 1.80 bits per heavy atom. The van der Waals surface area contributed by atoms with Gasteiger partial charge in [0.05, 0.1) is 11.1 Å². The largest absolute Gasteiger partial charge is 0.350 e. The summed E-state index contributed by atoms with van der Waals surface area (Å²) in [6.45, 7) is 0. The van der Waals surface area contributed by atoms with Crippen LogP contribution in [0.2, 0.25) is 5.02 Å². The van der Waals surface area contributed by atoms with Crippen LogP contribution in [-0.2, 0) is 0 Å². The van der Waals surface area contributed by atoms with Crippen LogP contribution in [0, 0.1) is 10.1 Å². The molecule has 0 fully saturated rings. The van der Waals surface area contributed by atoms with E-state index in [0.717, 1.165) is 22.0 Å². The second-order valence-corrected chi connectivity index (χ2v) is 6.92. The Labute approximate surface area is 176 Å². The Balaban J connectivity index is 1.64. The molecule has 8 heteroatoms. The number of carbonyl (C=O) groups excluding carboxylic acids is 1. The number of hydrazone groups is 1. The lowest BCUT2D eigenvalue weighted by Gasteiger charge is -2.04. The van der Waals surface area contributed by atoms with Gasteiger partial charge in [0, 0.05) is 33.6 Å². The van der Waals surface area contributed by atoms with Gasteiger partial charge in [-0.2, -0.15) is 5.10 Å². The summed E-state index contributed by atoms with van der Waals surface area (Å²) in [5, 5.41) is 16.1. The second kappa shape index (κ2) is 8.18. The molecule has 2 N–H and O–H groups in total. The molecule has 4 aromatic rings. The Kier molecular flexibility index (Phi) is 5.28. The lowest BCUT2D eigenvalue weighted by Crippen LogP contribution is -2.18. The van der Waals surface area contributed by atoms with Crippen LogP contribution >= 0.6 is 11.6 Å². The zero-order valence-electron chi connectivity index (χ0n) is 15.5. The Morgan fingerprint density at radius 3 is 2.50 bits per heavy atom. The van der Waals surface area contributed by atoms with Gasteiger partial charge < -0.3 is 4.98 Å². The molecule has 4 rings (SSSR count). The van der Waals surface area contributed by atoms with Crippen molar-refractivity contribution in [2.45, 2.75) is 0 Å². The van der Waals surface area contributed by atoms with Gasteiger partial charge in [-0.1, -0.05) is 41.9 Å². The maximum Gasteiger partial charge on any atom is 0.288 e. The lowest BCUT2D eigenvalue weighted by molar-refractivity contribution is -0.384. The molecule has 0 aliphatic carbocycles. The van der Waals surface area contributed by atoms with Gasteiger partial charge in [-0.25, -0.2) is 5.43 Å². The summed E-state index contributed by atoms with van der Waals surface area (Å²) in [4.78, 5) is 26.2. The van der Waals surface area contributed by atoms with Crippen molar-refractivity contribution < 1.29 is 9.72 Å². The topological polar surface area (TPSA) is 100 Å². The molecule has 0 bridgehead atoms. The van der Waals surface area contributed by atoms with E-state index in [9.17, 15) is 14.9 Å². The number of carbonyl (C=O) groups is 1. The van der Waals surface area contributed by atoms with E-state index in [4.69, 9.17) is 11.6 Å². The summed E-state index contributed by atoms with van der Waals surface area (Å²) < 4.78 is 0. The molecule has 0 saturated carbocycles. The highest BCUT2D eigenvalue weighted by Gasteiger charge is 2.19. The molecule has 30 heavy (non-hydrogen) atoms. The van der Waals surface area contributed by atoms with E-state index in [2.05, 4.69) is 15.5 Å². The molecule has 0 radical (unpaired) electrons. The summed E-state index contributed by atoms with van der Waals surface area (Å²) in [6, 6.07) is 20.8. The minimum atomic E-state index is -0.476. The first-order chi connectivity index (χ1) is 14.5. The zero-order valence-corrected chi connectivity index (χ0v) is 16.3. The summed E-state index contributed by atoms with van der Waals surface area (Å²) in [5.74, 6) is -0.417. The number of aromatic amines is 1. The monoisotopic (exact) mass is 418 g/mol. The number of amides is 1. The number of hydrogen-bond donors (Lipinski definition) is 2. The van der Waals surface area contributed by atoms with E-state index in [-0.39, 0.29) is 5.69 Å². The predicted molar refractivity (Wildman–Crippen MR) is 117 cm³/mol. The van der Waals surface area contributed by atoms with Crippen LogP contribution in [0.25, 0.3) is 22.0 Å². The number of fused-ring (bicyclic) bond motifs is 1. The fraction of sp³-hybridized carbons (Fsp3) is 0. The zero-order chi connectivity index (χ0) is 21.1. The van der Waals surface area contributed by atoms with Gasteiger partial charge in [-0.05, 0) is 41.5 Å². The number of hydrogen-bond acceptors (Lipinski definition) is 4. The number of nitro groups is 1. The van der Waals surface area contributed by atoms with E-state index in [1.165, 1.54) is 18.3 Å². The molecule has 0 aliphatic heterocycles. The summed E-state index contributed by atoms with van der Waals surface area (Å²) >= 11 is 6.17. The summed E-state index contributed by atoms with van der Waals surface area (Å²) in [6.07, 6.45) is 1.42. The number of nitro benzene ring substituents is 1. The number of H-pyrrole nitrogens is 1. The fourth-order valence-electron chi connectivity index (χ4n) is 3.14. The van der Waals surface area contributed by atoms with Crippen LogP contribution in [0.5, 0.6) is 0 Å². The molecule has 7 nitrogen and oxygen atoms in total. The average Bonchev–Trinajstić information content (AvgIpc) is 3.13. The van der Waals surface area contributed by atoms with E-state index in [1.807, 2.05) is 42.5 Å². The Morgan fingerprint density at radius 1 is 1.07 bits per heavy atom. The second-order valence-electron chi connectivity index (χ2n) is 6.48. The van der Waals surface area contributed by atoms with E-state index >= 15 is 0 Å². The van der Waals surface area contributed by atoms with Gasteiger partial charge in [-0.3, -0.25) is 14.9 Å². The molecule has 0 atom stereocenters. The van der Waals surface area contributed by atoms with Gasteiger partial charge in [0.25, 0.3) is 11.6 Å². The molecule has 0 aliphatic rings. The fourth-order valence-corrected chi connectivity index (χ4v) is 3.31. The van der Waals surface area contributed by atoms with Crippen LogP contribution in [0.3, 0.4) is 0 Å². The summed E-state index contributed by atoms with van der Waals surface area (Å²) in [5.41, 5.74) is 5.85. The van der Waals surface area contributed by atoms with Crippen molar-refractivity contribution in [3.8, 4) is 11.1 Å². The van der Waals surface area contributed by atoms with Crippen molar-refractivity contribution in [1.29, 1.82) is 0 Å². The number of nitrogens with zero attached hydrogens (tertiary/aromatic N) is 2. The highest BCUT2D eigenvalue weighted by atomic mass is 35.5. The highest BCUT2D eigenvalue weighted by molar-refractivity contribution is 6.31. The van der Waals surface area contributed by atoms with Crippen molar-refractivity contribution in [2.24, 2.45) is 5.10 Å². The van der Waals surface area contributed by atoms with E-state index < -0.39 is 10.8 Å². The smallest absolute Gasteiger partial charge is 0.288 e. The van der Waals surface area contributed by atoms with Crippen molar-refractivity contribution in [1.82, 2.24) is 10.4 Å². The van der Waals surface area contributed by atoms with Gasteiger partial charge in [0.15, 0.2) is 0 Å². The predicted octanol–water partition coefficient (Wildman–Crippen LogP) is 5.16. The first-order valence-corrected chi connectivity index (χ1v) is 9.35. The molecule has 0 unspecified atom stereocenters. The quantitative estimate of drug-likeness (QED) is 0.266. The van der Waals surface area contributed by atoms with Gasteiger partial charge in [-0.15, -0.1) is 0 Å². The molecular weight excluding hydrogens is 404 g/mol. The number of benzene rings is 3. The standard InChI is InChI=1S/C22H15ClN4O3/c23-16-8-11-19-18(12-16)20(15-4-2-1-3-5-15)21(25-19)22(28)26-24-13-14-6-9-17(10-7-14)27(29)30/h1-13,25H,(H,26,28)/b24-13+. The third-order valence-corrected chi connectivity index (χ3v) is 4.77. The van der Waals surface area contributed by atoms with Gasteiger partial charge in [0.2, 0.25) is 0 Å². The number of halogens is 1. The highest BCUT2D eigenvalue weighted by Crippen LogP contribution is 2.34. The number of aromatic nitrogens is 1. The molecular formula is C22H15ClN4O3. The van der Waals surface area contributed by atoms with Gasteiger partial charge >= 0.3 is 0 Å². The van der Waals surface area contributed by atoms with Crippen LogP contribution < -0.4 is 5.43 Å². The maximum atomic E-state index is 12.8. The normalized spacial score (nSPS) is 11.1. The number of nitrogens with one attached hydrogen (secondary N) is 2. The SMILES string of the molecule is O=C(N/N=C/c1ccc([N+](=O)[O-])cc1)c1[nH]c2ccc(Cl)cc2c1-c1ccccc1. The van der Waals surface area contributed by atoms with Gasteiger partial charge in [0.1, 0.15) is 5.69 Å². The van der Waals surface area contributed by atoms with Crippen molar-refractivity contribution in [3.05, 3.63) is 99.2 Å². The molecule has 148 valence electrons. The molecule has 1 heterocycles. The first-order valence-electron chi connectivity index (χ1n) is 8.97. The third-order valence-electron chi connectivity index (χ3n) is 4.53. The maximum absolute atomic E-state index is 12.8. The van der Waals surface area contributed by atoms with Crippen LogP contribution in [0.1, 0.15) is 16.1 Å². The minimum Gasteiger partial charge on any atom is -0.350 e. The van der Waals surface area contributed by atoms with Crippen molar-refractivity contribution in [3.63, 3.8) is 0 Å². The molecule has 1 aromatic heterocycles. The third kappa shape index (κ3) is 3.92. The Hall–Kier alpha value is -3.97. The number of rotatable bonds is 5. The summed E-state index contributed by atoms with van der Waals surface area (Å²) in [7, 11) is 0. The van der Waals surface area contributed by atoms with E-state index in [1.54, 1.807) is 18.2 Å². The van der Waals surface area contributed by atoms with Crippen LogP contribution in [0.15, 0.2) is 77.9 Å². The van der Waals surface area contributed by atoms with Crippen molar-refractivity contribution in [2.75, 3.05) is 0 Å². The van der Waals surface area contributed by atoms with E-state index in [0.29, 0.717) is 16.3 Å². The van der Waals surface area contributed by atoms with Crippen LogP contribution in [0.4, 0.5) is 5.69 Å². The molecule has 1 amide bonds. The Bertz CT molecular complexity index is 1270. The van der Waals surface area contributed by atoms with Crippen molar-refractivity contribution >= 4 is 40.3 Å². The molecule has 0 saturated heterocycles. The minimum absolute atomic E-state index is 0.0135.